The number of aryl methyl sites for hydroxylation is 1. The smallest absolute Gasteiger partial charge is 0.319 e. The maximum atomic E-state index is 16.8. The van der Waals surface area contributed by atoms with Crippen molar-refractivity contribution in [2.24, 2.45) is 11.8 Å². The van der Waals surface area contributed by atoms with Crippen LogP contribution in [0.5, 0.6) is 11.8 Å². The standard InChI is InChI=1S/C33H37F2N5O3/c1-3-24-27(34)9-8-21-12-23(43-18-41-2)13-25(28(21)24)30-29(35)31-26(14-37-30)32(40-15-19-6-7-20(11-19)16-40)39-33(38-31)42-17-22-5-4-10-36-22/h8-9,12-14,19-20,22,36H,3-7,10-11,15-18H2,1-2H3/t19?,20?,22-/m0/s1. The molecule has 2 aromatic heterocycles. The maximum absolute atomic E-state index is 16.8. The fraction of sp³-hybridized carbons (Fsp3) is 0.485. The molecule has 0 spiro atoms. The number of methoxy groups -OCH3 is 1. The molecule has 43 heavy (non-hydrogen) atoms. The first-order valence-electron chi connectivity index (χ1n) is 15.4. The Balaban J connectivity index is 1.39. The number of benzene rings is 2. The number of halogens is 2. The molecule has 1 N–H and O–H groups in total. The van der Waals surface area contributed by atoms with Crippen molar-refractivity contribution in [1.82, 2.24) is 20.3 Å². The number of pyridine rings is 1. The number of hydrogen-bond donors (Lipinski definition) is 1. The average Bonchev–Trinajstić information content (AvgIpc) is 3.67. The summed E-state index contributed by atoms with van der Waals surface area (Å²) >= 11 is 0. The van der Waals surface area contributed by atoms with Crippen LogP contribution in [0.15, 0.2) is 30.5 Å². The summed E-state index contributed by atoms with van der Waals surface area (Å²) in [4.78, 5) is 16.4. The number of piperidine rings is 1. The van der Waals surface area contributed by atoms with Crippen LogP contribution in [0.1, 0.15) is 44.6 Å². The highest BCUT2D eigenvalue weighted by Gasteiger charge is 2.35. The highest BCUT2D eigenvalue weighted by molar-refractivity contribution is 6.01. The SMILES string of the molecule is CCc1c(F)ccc2cc(OCOC)cc(-c3ncc4c(N5CC6CCC(C6)C5)nc(OC[C@@H]5CCCN5)nc4c3F)c12. The Morgan fingerprint density at radius 2 is 1.88 bits per heavy atom. The zero-order valence-corrected chi connectivity index (χ0v) is 24.7. The second-order valence-corrected chi connectivity index (χ2v) is 12.1. The lowest BCUT2D eigenvalue weighted by Gasteiger charge is -2.33. The van der Waals surface area contributed by atoms with Crippen LogP contribution in [0.4, 0.5) is 14.6 Å². The van der Waals surface area contributed by atoms with Gasteiger partial charge >= 0.3 is 6.01 Å². The summed E-state index contributed by atoms with van der Waals surface area (Å²) in [6.45, 7) is 5.02. The van der Waals surface area contributed by atoms with Crippen molar-refractivity contribution in [2.75, 3.05) is 45.0 Å². The third-order valence-electron chi connectivity index (χ3n) is 9.22. The molecule has 4 aromatic rings. The minimum absolute atomic E-state index is 0.0192. The molecule has 2 aromatic carbocycles. The van der Waals surface area contributed by atoms with Gasteiger partial charge in [-0.05, 0) is 91.4 Å². The largest absolute Gasteiger partial charge is 0.468 e. The third-order valence-corrected chi connectivity index (χ3v) is 9.22. The van der Waals surface area contributed by atoms with Gasteiger partial charge in [0, 0.05) is 38.0 Å². The molecule has 2 aliphatic heterocycles. The van der Waals surface area contributed by atoms with Crippen molar-refractivity contribution in [3.05, 3.63) is 47.7 Å². The number of hydrogen-bond acceptors (Lipinski definition) is 8. The molecule has 3 aliphatic rings. The molecule has 3 atom stereocenters. The first kappa shape index (κ1) is 28.2. The van der Waals surface area contributed by atoms with Crippen molar-refractivity contribution >= 4 is 27.5 Å². The Morgan fingerprint density at radius 3 is 2.63 bits per heavy atom. The predicted molar refractivity (Wildman–Crippen MR) is 162 cm³/mol. The summed E-state index contributed by atoms with van der Waals surface area (Å²) in [7, 11) is 1.53. The molecule has 2 unspecified atom stereocenters. The van der Waals surface area contributed by atoms with E-state index in [4.69, 9.17) is 19.2 Å². The molecule has 10 heteroatoms. The van der Waals surface area contributed by atoms with Gasteiger partial charge in [0.1, 0.15) is 35.2 Å². The quantitative estimate of drug-likeness (QED) is 0.237. The van der Waals surface area contributed by atoms with E-state index in [0.717, 1.165) is 37.9 Å². The lowest BCUT2D eigenvalue weighted by Crippen LogP contribution is -2.37. The van der Waals surface area contributed by atoms with Gasteiger partial charge in [0.25, 0.3) is 0 Å². The van der Waals surface area contributed by atoms with Crippen molar-refractivity contribution < 1.29 is 23.0 Å². The summed E-state index contributed by atoms with van der Waals surface area (Å²) < 4.78 is 48.9. The van der Waals surface area contributed by atoms with E-state index < -0.39 is 5.82 Å². The van der Waals surface area contributed by atoms with E-state index >= 15 is 8.78 Å². The molecule has 2 saturated heterocycles. The summed E-state index contributed by atoms with van der Waals surface area (Å²) in [6.07, 6.45) is 7.85. The van der Waals surface area contributed by atoms with Gasteiger partial charge in [-0.25, -0.2) is 8.78 Å². The van der Waals surface area contributed by atoms with Gasteiger partial charge in [-0.1, -0.05) is 13.0 Å². The first-order valence-corrected chi connectivity index (χ1v) is 15.4. The number of ether oxygens (including phenoxy) is 3. The van der Waals surface area contributed by atoms with E-state index in [9.17, 15) is 0 Å². The lowest BCUT2D eigenvalue weighted by atomic mass is 9.94. The van der Waals surface area contributed by atoms with Crippen molar-refractivity contribution in [3.8, 4) is 23.0 Å². The number of nitrogens with zero attached hydrogens (tertiary/aromatic N) is 4. The molecule has 226 valence electrons. The van der Waals surface area contributed by atoms with Crippen LogP contribution in [0.25, 0.3) is 32.9 Å². The maximum Gasteiger partial charge on any atom is 0.319 e. The van der Waals surface area contributed by atoms with E-state index in [-0.39, 0.29) is 35.9 Å². The topological polar surface area (TPSA) is 81.6 Å². The second kappa shape index (κ2) is 11.8. The van der Waals surface area contributed by atoms with E-state index in [1.165, 1.54) is 32.4 Å². The molecule has 4 heterocycles. The molecule has 0 amide bonds. The number of rotatable bonds is 9. The molecule has 3 fully saturated rings. The Bertz CT molecular complexity index is 1650. The lowest BCUT2D eigenvalue weighted by molar-refractivity contribution is 0.0512. The highest BCUT2D eigenvalue weighted by atomic mass is 19.1. The first-order chi connectivity index (χ1) is 21.0. The Hall–Kier alpha value is -3.63. The van der Waals surface area contributed by atoms with Gasteiger partial charge in [0.15, 0.2) is 12.6 Å². The molecular formula is C33H37F2N5O3. The van der Waals surface area contributed by atoms with Crippen LogP contribution in [-0.2, 0) is 11.2 Å². The van der Waals surface area contributed by atoms with E-state index in [1.54, 1.807) is 18.3 Å². The fourth-order valence-electron chi connectivity index (χ4n) is 7.20. The second-order valence-electron chi connectivity index (χ2n) is 12.1. The van der Waals surface area contributed by atoms with E-state index in [1.807, 2.05) is 13.0 Å². The third kappa shape index (κ3) is 5.35. The summed E-state index contributed by atoms with van der Waals surface area (Å²) in [5.41, 5.74) is 1.15. The fourth-order valence-corrected chi connectivity index (χ4v) is 7.20. The van der Waals surface area contributed by atoms with Crippen LogP contribution in [0.2, 0.25) is 0 Å². The number of nitrogens with one attached hydrogen (secondary N) is 1. The molecule has 0 radical (unpaired) electrons. The van der Waals surface area contributed by atoms with Gasteiger partial charge < -0.3 is 24.4 Å². The molecular weight excluding hydrogens is 552 g/mol. The summed E-state index contributed by atoms with van der Waals surface area (Å²) in [6, 6.07) is 7.00. The average molecular weight is 590 g/mol. The summed E-state index contributed by atoms with van der Waals surface area (Å²) in [5.74, 6) is 1.41. The van der Waals surface area contributed by atoms with Gasteiger partial charge in [-0.2, -0.15) is 9.97 Å². The van der Waals surface area contributed by atoms with Crippen LogP contribution in [-0.4, -0.2) is 61.1 Å². The number of fused-ring (bicyclic) bond motifs is 4. The molecule has 1 saturated carbocycles. The minimum Gasteiger partial charge on any atom is -0.468 e. The normalized spacial score (nSPS) is 21.7. The van der Waals surface area contributed by atoms with Crippen LogP contribution < -0.4 is 19.7 Å². The molecule has 7 rings (SSSR count). The van der Waals surface area contributed by atoms with Gasteiger partial charge in [0.05, 0.1) is 5.39 Å². The van der Waals surface area contributed by atoms with Crippen LogP contribution >= 0.6 is 0 Å². The zero-order valence-electron chi connectivity index (χ0n) is 24.7. The molecule has 2 bridgehead atoms. The van der Waals surface area contributed by atoms with E-state index in [2.05, 4.69) is 20.2 Å². The van der Waals surface area contributed by atoms with Crippen molar-refractivity contribution in [3.63, 3.8) is 0 Å². The monoisotopic (exact) mass is 589 g/mol. The van der Waals surface area contributed by atoms with E-state index in [0.29, 0.717) is 58.3 Å². The molecule has 8 nitrogen and oxygen atoms in total. The van der Waals surface area contributed by atoms with Crippen molar-refractivity contribution in [2.45, 2.75) is 51.5 Å². The van der Waals surface area contributed by atoms with Crippen LogP contribution in [0, 0.1) is 23.5 Å². The van der Waals surface area contributed by atoms with Gasteiger partial charge in [0.2, 0.25) is 0 Å². The minimum atomic E-state index is -0.596. The molecule has 1 aliphatic carbocycles. The summed E-state index contributed by atoms with van der Waals surface area (Å²) in [5, 5.41) is 5.30. The van der Waals surface area contributed by atoms with Crippen molar-refractivity contribution in [1.29, 1.82) is 0 Å². The highest BCUT2D eigenvalue weighted by Crippen LogP contribution is 2.42. The number of aromatic nitrogens is 3. The Labute approximate surface area is 249 Å². The van der Waals surface area contributed by atoms with Crippen LogP contribution in [0.3, 0.4) is 0 Å². The Kier molecular flexibility index (Phi) is 7.73. The van der Waals surface area contributed by atoms with Gasteiger partial charge in [-0.15, -0.1) is 0 Å². The van der Waals surface area contributed by atoms with Gasteiger partial charge in [-0.3, -0.25) is 4.98 Å². The Morgan fingerprint density at radius 1 is 1.05 bits per heavy atom. The zero-order chi connectivity index (χ0) is 29.5. The number of anilines is 1. The predicted octanol–water partition coefficient (Wildman–Crippen LogP) is 6.04.